The first-order valence-corrected chi connectivity index (χ1v) is 17.1. The van der Waals surface area contributed by atoms with Crippen molar-refractivity contribution in [1.29, 1.82) is 0 Å². The molecule has 225 valence electrons. The Balaban J connectivity index is 3.95. The third kappa shape index (κ3) is 22.2. The van der Waals surface area contributed by atoms with E-state index in [1.54, 1.807) is 0 Å². The molecule has 0 aromatic carbocycles. The summed E-state index contributed by atoms with van der Waals surface area (Å²) in [6.45, 7) is 7.43. The van der Waals surface area contributed by atoms with E-state index in [2.05, 4.69) is 27.1 Å². The summed E-state index contributed by atoms with van der Waals surface area (Å²) in [5.41, 5.74) is 4.84. The SMILES string of the molecule is CCCCCCCCCCCCC([C]=O)(CCCN)C(=O)CCCCCCCCCCCCCCC(C)C. The summed E-state index contributed by atoms with van der Waals surface area (Å²) in [7, 11) is 0. The standard InChI is InChI=1S/C35H68NO2/c1-4-5-6-7-8-9-16-19-22-25-29-35(32-37,30-26-31-36)34(38)28-24-21-18-15-13-11-10-12-14-17-20-23-27-33(2)3/h33H,4-31,36H2,1-3H3. The fourth-order valence-electron chi connectivity index (χ4n) is 5.73. The van der Waals surface area contributed by atoms with Crippen LogP contribution in [0.4, 0.5) is 0 Å². The van der Waals surface area contributed by atoms with Crippen LogP contribution in [0.3, 0.4) is 0 Å². The summed E-state index contributed by atoms with van der Waals surface area (Å²) in [5.74, 6) is 0.981. The van der Waals surface area contributed by atoms with Crippen LogP contribution in [-0.2, 0) is 9.59 Å². The van der Waals surface area contributed by atoms with Crippen molar-refractivity contribution in [2.24, 2.45) is 17.1 Å². The molecule has 3 nitrogen and oxygen atoms in total. The zero-order chi connectivity index (χ0) is 28.2. The smallest absolute Gasteiger partial charge is 0.212 e. The molecule has 0 amide bonds. The van der Waals surface area contributed by atoms with Gasteiger partial charge in [0.25, 0.3) is 0 Å². The molecule has 1 atom stereocenters. The molecule has 38 heavy (non-hydrogen) atoms. The molecule has 0 fully saturated rings. The zero-order valence-corrected chi connectivity index (χ0v) is 26.3. The van der Waals surface area contributed by atoms with Crippen LogP contribution in [0.15, 0.2) is 0 Å². The van der Waals surface area contributed by atoms with E-state index in [4.69, 9.17) is 5.73 Å². The normalized spacial score (nSPS) is 13.2. The van der Waals surface area contributed by atoms with Crippen LogP contribution in [0.2, 0.25) is 0 Å². The number of ketones is 1. The van der Waals surface area contributed by atoms with Crippen molar-refractivity contribution in [3.8, 4) is 0 Å². The van der Waals surface area contributed by atoms with Crippen LogP contribution in [0.5, 0.6) is 0 Å². The molecule has 0 aliphatic rings. The highest BCUT2D eigenvalue weighted by Gasteiger charge is 2.37. The first-order valence-electron chi connectivity index (χ1n) is 17.1. The molecule has 0 bridgehead atoms. The Labute approximate surface area is 239 Å². The maximum atomic E-state index is 13.1. The predicted molar refractivity (Wildman–Crippen MR) is 167 cm³/mol. The molecule has 0 aromatic rings. The van der Waals surface area contributed by atoms with E-state index in [0.717, 1.165) is 38.0 Å². The number of nitrogens with two attached hydrogens (primary N) is 1. The van der Waals surface area contributed by atoms with E-state index in [0.29, 0.717) is 25.8 Å². The minimum Gasteiger partial charge on any atom is -0.330 e. The van der Waals surface area contributed by atoms with Gasteiger partial charge in [0.2, 0.25) is 6.29 Å². The van der Waals surface area contributed by atoms with Crippen LogP contribution in [0, 0.1) is 11.3 Å². The Morgan fingerprint density at radius 3 is 1.42 bits per heavy atom. The molecule has 0 aliphatic heterocycles. The molecule has 0 aromatic heterocycles. The maximum Gasteiger partial charge on any atom is 0.212 e. The van der Waals surface area contributed by atoms with Crippen molar-refractivity contribution in [2.45, 2.75) is 194 Å². The van der Waals surface area contributed by atoms with Gasteiger partial charge < -0.3 is 5.73 Å². The summed E-state index contributed by atoms with van der Waals surface area (Å²) in [6, 6.07) is 0. The minimum atomic E-state index is -0.895. The number of hydrogen-bond donors (Lipinski definition) is 1. The number of carbonyl (C=O) groups is 1. The summed E-state index contributed by atoms with van der Waals surface area (Å²) in [6.07, 6.45) is 34.3. The Kier molecular flexibility index (Phi) is 27.3. The van der Waals surface area contributed by atoms with Crippen LogP contribution < -0.4 is 5.73 Å². The van der Waals surface area contributed by atoms with Crippen molar-refractivity contribution in [2.75, 3.05) is 6.54 Å². The molecule has 1 unspecified atom stereocenters. The Morgan fingerprint density at radius 1 is 0.605 bits per heavy atom. The number of carbonyl (C=O) groups excluding carboxylic acids is 2. The summed E-state index contributed by atoms with van der Waals surface area (Å²) in [4.78, 5) is 25.2. The van der Waals surface area contributed by atoms with E-state index in [9.17, 15) is 9.59 Å². The van der Waals surface area contributed by atoms with Gasteiger partial charge in [-0.05, 0) is 38.1 Å². The van der Waals surface area contributed by atoms with Gasteiger partial charge in [0.05, 0.1) is 5.41 Å². The number of unbranched alkanes of at least 4 members (excludes halogenated alkanes) is 20. The minimum absolute atomic E-state index is 0.130. The zero-order valence-electron chi connectivity index (χ0n) is 26.3. The second kappa shape index (κ2) is 27.9. The maximum absolute atomic E-state index is 13.1. The molecule has 0 aliphatic carbocycles. The highest BCUT2D eigenvalue weighted by molar-refractivity contribution is 5.98. The van der Waals surface area contributed by atoms with Gasteiger partial charge in [-0.1, -0.05) is 162 Å². The fraction of sp³-hybridized carbons (Fsp3) is 0.943. The average molecular weight is 535 g/mol. The third-order valence-electron chi connectivity index (χ3n) is 8.43. The highest BCUT2D eigenvalue weighted by Crippen LogP contribution is 2.32. The van der Waals surface area contributed by atoms with Gasteiger partial charge in [-0.3, -0.25) is 9.59 Å². The van der Waals surface area contributed by atoms with Crippen molar-refractivity contribution >= 4 is 12.1 Å². The number of rotatable bonds is 31. The fourth-order valence-corrected chi connectivity index (χ4v) is 5.73. The molecule has 0 saturated carbocycles. The van der Waals surface area contributed by atoms with Crippen LogP contribution >= 0.6 is 0 Å². The summed E-state index contributed by atoms with van der Waals surface area (Å²) >= 11 is 0. The lowest BCUT2D eigenvalue weighted by molar-refractivity contribution is -0.126. The Hall–Kier alpha value is -0.700. The van der Waals surface area contributed by atoms with E-state index >= 15 is 0 Å². The van der Waals surface area contributed by atoms with Gasteiger partial charge in [-0.15, -0.1) is 0 Å². The lowest BCUT2D eigenvalue weighted by Gasteiger charge is -2.26. The molecule has 1 radical (unpaired) electrons. The molecular weight excluding hydrogens is 466 g/mol. The topological polar surface area (TPSA) is 60.2 Å². The molecule has 0 rings (SSSR count). The van der Waals surface area contributed by atoms with Crippen LogP contribution in [0.25, 0.3) is 0 Å². The van der Waals surface area contributed by atoms with E-state index < -0.39 is 5.41 Å². The molecule has 3 heteroatoms. The first-order chi connectivity index (χ1) is 18.5. The van der Waals surface area contributed by atoms with Crippen molar-refractivity contribution < 1.29 is 9.59 Å². The van der Waals surface area contributed by atoms with Gasteiger partial charge in [0, 0.05) is 6.42 Å². The molecule has 2 N–H and O–H groups in total. The van der Waals surface area contributed by atoms with E-state index in [1.165, 1.54) is 122 Å². The number of hydrogen-bond acceptors (Lipinski definition) is 3. The average Bonchev–Trinajstić information content (AvgIpc) is 2.91. The van der Waals surface area contributed by atoms with Gasteiger partial charge >= 0.3 is 0 Å². The van der Waals surface area contributed by atoms with Crippen molar-refractivity contribution in [1.82, 2.24) is 0 Å². The second-order valence-electron chi connectivity index (χ2n) is 12.6. The predicted octanol–water partition coefficient (Wildman–Crippen LogP) is 10.8. The Morgan fingerprint density at radius 2 is 1.00 bits per heavy atom. The highest BCUT2D eigenvalue weighted by atomic mass is 16.1. The second-order valence-corrected chi connectivity index (χ2v) is 12.6. The first kappa shape index (κ1) is 37.3. The quantitative estimate of drug-likeness (QED) is 0.0710. The summed E-state index contributed by atoms with van der Waals surface area (Å²) in [5, 5.41) is 0. The molecule has 0 saturated heterocycles. The van der Waals surface area contributed by atoms with Gasteiger partial charge in [0.15, 0.2) is 0 Å². The van der Waals surface area contributed by atoms with Crippen molar-refractivity contribution in [3.63, 3.8) is 0 Å². The van der Waals surface area contributed by atoms with Gasteiger partial charge in [0.1, 0.15) is 5.78 Å². The molecule has 0 spiro atoms. The molecule has 0 heterocycles. The lowest BCUT2D eigenvalue weighted by Crippen LogP contribution is -2.33. The molecular formula is C35H68NO2. The lowest BCUT2D eigenvalue weighted by atomic mass is 9.74. The van der Waals surface area contributed by atoms with Crippen LogP contribution in [0.1, 0.15) is 194 Å². The van der Waals surface area contributed by atoms with E-state index in [1.807, 2.05) is 0 Å². The number of Topliss-reactive ketones (excluding diaryl/α,β-unsaturated/α-hetero) is 1. The Bertz CT molecular complexity index is 518. The van der Waals surface area contributed by atoms with Crippen LogP contribution in [-0.4, -0.2) is 18.6 Å². The van der Waals surface area contributed by atoms with E-state index in [-0.39, 0.29) is 5.78 Å². The third-order valence-corrected chi connectivity index (χ3v) is 8.43. The van der Waals surface area contributed by atoms with Crippen molar-refractivity contribution in [3.05, 3.63) is 0 Å². The van der Waals surface area contributed by atoms with Gasteiger partial charge in [-0.25, -0.2) is 0 Å². The summed E-state index contributed by atoms with van der Waals surface area (Å²) < 4.78 is 0. The van der Waals surface area contributed by atoms with Gasteiger partial charge in [-0.2, -0.15) is 0 Å². The monoisotopic (exact) mass is 535 g/mol. The largest absolute Gasteiger partial charge is 0.330 e.